The Labute approximate surface area is 102 Å². The highest BCUT2D eigenvalue weighted by Gasteiger charge is 2.16. The summed E-state index contributed by atoms with van der Waals surface area (Å²) >= 11 is 7.05. The second-order valence-corrected chi connectivity index (χ2v) is 5.51. The van der Waals surface area contributed by atoms with Gasteiger partial charge in [-0.1, -0.05) is 38.3 Å². The Morgan fingerprint density at radius 2 is 2.07 bits per heavy atom. The largest absolute Gasteiger partial charge is 0.310 e. The van der Waals surface area contributed by atoms with Gasteiger partial charge in [0, 0.05) is 21.5 Å². The van der Waals surface area contributed by atoms with E-state index in [1.807, 2.05) is 0 Å². The molecule has 0 unspecified atom stereocenters. The standard InChI is InChI=1S/C11H13Br2N/c12-9-4-5-11(13)8(6-9)7-14-10-2-1-3-10/h4-6,10,14H,1-3,7H2. The lowest BCUT2D eigenvalue weighted by atomic mass is 9.93. The highest BCUT2D eigenvalue weighted by Crippen LogP contribution is 2.23. The van der Waals surface area contributed by atoms with Crippen molar-refractivity contribution in [2.75, 3.05) is 0 Å². The third-order valence-electron chi connectivity index (χ3n) is 2.69. The normalized spacial score (nSPS) is 16.7. The van der Waals surface area contributed by atoms with E-state index in [0.29, 0.717) is 0 Å². The van der Waals surface area contributed by atoms with Gasteiger partial charge in [0.2, 0.25) is 0 Å². The molecule has 1 saturated carbocycles. The zero-order valence-electron chi connectivity index (χ0n) is 7.89. The lowest BCUT2D eigenvalue weighted by Crippen LogP contribution is -2.34. The van der Waals surface area contributed by atoms with Gasteiger partial charge in [-0.15, -0.1) is 0 Å². The number of hydrogen-bond acceptors (Lipinski definition) is 1. The van der Waals surface area contributed by atoms with Crippen molar-refractivity contribution in [3.8, 4) is 0 Å². The van der Waals surface area contributed by atoms with Crippen LogP contribution in [0.5, 0.6) is 0 Å². The Hall–Kier alpha value is 0.140. The van der Waals surface area contributed by atoms with E-state index in [0.717, 1.165) is 17.1 Å². The molecule has 1 N–H and O–H groups in total. The molecule has 0 amide bonds. The molecule has 14 heavy (non-hydrogen) atoms. The summed E-state index contributed by atoms with van der Waals surface area (Å²) in [6.07, 6.45) is 4.06. The van der Waals surface area contributed by atoms with Gasteiger partial charge < -0.3 is 5.32 Å². The van der Waals surface area contributed by atoms with Crippen LogP contribution in [0.2, 0.25) is 0 Å². The van der Waals surface area contributed by atoms with Crippen LogP contribution in [-0.2, 0) is 6.54 Å². The predicted octanol–water partition coefficient (Wildman–Crippen LogP) is 3.85. The van der Waals surface area contributed by atoms with Gasteiger partial charge in [0.1, 0.15) is 0 Å². The van der Waals surface area contributed by atoms with Crippen LogP contribution in [0.4, 0.5) is 0 Å². The first kappa shape index (κ1) is 10.7. The summed E-state index contributed by atoms with van der Waals surface area (Å²) in [5, 5.41) is 3.55. The highest BCUT2D eigenvalue weighted by molar-refractivity contribution is 9.11. The molecule has 0 aromatic heterocycles. The van der Waals surface area contributed by atoms with Crippen molar-refractivity contribution in [1.29, 1.82) is 0 Å². The fourth-order valence-electron chi connectivity index (χ4n) is 1.55. The molecule has 0 atom stereocenters. The molecule has 0 radical (unpaired) electrons. The van der Waals surface area contributed by atoms with Crippen molar-refractivity contribution in [2.45, 2.75) is 31.8 Å². The summed E-state index contributed by atoms with van der Waals surface area (Å²) in [5.74, 6) is 0. The molecule has 1 aliphatic rings. The summed E-state index contributed by atoms with van der Waals surface area (Å²) in [5.41, 5.74) is 1.33. The van der Waals surface area contributed by atoms with E-state index in [4.69, 9.17) is 0 Å². The fraction of sp³-hybridized carbons (Fsp3) is 0.455. The van der Waals surface area contributed by atoms with Gasteiger partial charge in [0.05, 0.1) is 0 Å². The average molecular weight is 319 g/mol. The minimum atomic E-state index is 0.751. The maximum Gasteiger partial charge on any atom is 0.0221 e. The van der Waals surface area contributed by atoms with Crippen molar-refractivity contribution in [3.05, 3.63) is 32.7 Å². The molecule has 1 fully saturated rings. The van der Waals surface area contributed by atoms with Gasteiger partial charge in [-0.2, -0.15) is 0 Å². The van der Waals surface area contributed by atoms with Gasteiger partial charge in [-0.3, -0.25) is 0 Å². The van der Waals surface area contributed by atoms with E-state index in [9.17, 15) is 0 Å². The molecule has 0 heterocycles. The Kier molecular flexibility index (Phi) is 3.63. The quantitative estimate of drug-likeness (QED) is 0.892. The molecular formula is C11H13Br2N. The van der Waals surface area contributed by atoms with Gasteiger partial charge in [-0.25, -0.2) is 0 Å². The lowest BCUT2D eigenvalue weighted by molar-refractivity contribution is 0.338. The first-order chi connectivity index (χ1) is 6.75. The third-order valence-corrected chi connectivity index (χ3v) is 3.96. The summed E-state index contributed by atoms with van der Waals surface area (Å²) in [4.78, 5) is 0. The van der Waals surface area contributed by atoms with Crippen LogP contribution in [0.15, 0.2) is 27.1 Å². The number of rotatable bonds is 3. The number of halogens is 2. The summed E-state index contributed by atoms with van der Waals surface area (Å²) < 4.78 is 2.33. The molecule has 1 aliphatic carbocycles. The maximum atomic E-state index is 3.56. The molecule has 76 valence electrons. The van der Waals surface area contributed by atoms with Gasteiger partial charge >= 0.3 is 0 Å². The first-order valence-electron chi connectivity index (χ1n) is 4.93. The zero-order chi connectivity index (χ0) is 9.97. The minimum Gasteiger partial charge on any atom is -0.310 e. The summed E-state index contributed by atoms with van der Waals surface area (Å²) in [6, 6.07) is 7.05. The number of nitrogens with one attached hydrogen (secondary N) is 1. The van der Waals surface area contributed by atoms with Crippen molar-refractivity contribution in [3.63, 3.8) is 0 Å². The van der Waals surface area contributed by atoms with Crippen LogP contribution in [0, 0.1) is 0 Å². The van der Waals surface area contributed by atoms with Crippen LogP contribution in [0.3, 0.4) is 0 Å². The Morgan fingerprint density at radius 3 is 2.71 bits per heavy atom. The topological polar surface area (TPSA) is 12.0 Å². The first-order valence-corrected chi connectivity index (χ1v) is 6.51. The molecule has 0 bridgehead atoms. The van der Waals surface area contributed by atoms with Gasteiger partial charge in [0.15, 0.2) is 0 Å². The van der Waals surface area contributed by atoms with E-state index in [1.54, 1.807) is 0 Å². The van der Waals surface area contributed by atoms with Crippen molar-refractivity contribution in [2.24, 2.45) is 0 Å². The smallest absolute Gasteiger partial charge is 0.0221 e. The molecule has 1 aromatic rings. The molecule has 1 aromatic carbocycles. The SMILES string of the molecule is Brc1ccc(Br)c(CNC2CCC2)c1. The predicted molar refractivity (Wildman–Crippen MR) is 66.3 cm³/mol. The molecule has 0 aliphatic heterocycles. The van der Waals surface area contributed by atoms with Crippen LogP contribution < -0.4 is 5.32 Å². The Bertz CT molecular complexity index is 321. The molecule has 0 saturated heterocycles. The molecule has 3 heteroatoms. The average Bonchev–Trinajstić information content (AvgIpc) is 2.08. The van der Waals surface area contributed by atoms with E-state index < -0.39 is 0 Å². The molecule has 1 nitrogen and oxygen atoms in total. The van der Waals surface area contributed by atoms with E-state index >= 15 is 0 Å². The Morgan fingerprint density at radius 1 is 1.29 bits per heavy atom. The fourth-order valence-corrected chi connectivity index (χ4v) is 2.34. The third kappa shape index (κ3) is 2.59. The lowest BCUT2D eigenvalue weighted by Gasteiger charge is -2.26. The van der Waals surface area contributed by atoms with E-state index in [-0.39, 0.29) is 0 Å². The van der Waals surface area contributed by atoms with Crippen LogP contribution >= 0.6 is 31.9 Å². The van der Waals surface area contributed by atoms with Gasteiger partial charge in [0.25, 0.3) is 0 Å². The molecule has 2 rings (SSSR count). The second kappa shape index (κ2) is 4.77. The van der Waals surface area contributed by atoms with Gasteiger partial charge in [-0.05, 0) is 36.6 Å². The van der Waals surface area contributed by atoms with E-state index in [2.05, 4.69) is 55.4 Å². The Balaban J connectivity index is 1.96. The highest BCUT2D eigenvalue weighted by atomic mass is 79.9. The second-order valence-electron chi connectivity index (χ2n) is 3.74. The van der Waals surface area contributed by atoms with Crippen molar-refractivity contribution in [1.82, 2.24) is 5.32 Å². The van der Waals surface area contributed by atoms with Crippen LogP contribution in [0.1, 0.15) is 24.8 Å². The summed E-state index contributed by atoms with van der Waals surface area (Å²) in [6.45, 7) is 0.963. The van der Waals surface area contributed by atoms with Crippen LogP contribution in [-0.4, -0.2) is 6.04 Å². The number of benzene rings is 1. The van der Waals surface area contributed by atoms with Crippen LogP contribution in [0.25, 0.3) is 0 Å². The van der Waals surface area contributed by atoms with E-state index in [1.165, 1.54) is 29.3 Å². The molecular weight excluding hydrogens is 306 g/mol. The maximum absolute atomic E-state index is 3.56. The monoisotopic (exact) mass is 317 g/mol. The zero-order valence-corrected chi connectivity index (χ0v) is 11.1. The molecule has 0 spiro atoms. The van der Waals surface area contributed by atoms with Crippen molar-refractivity contribution >= 4 is 31.9 Å². The number of hydrogen-bond donors (Lipinski definition) is 1. The minimum absolute atomic E-state index is 0.751. The van der Waals surface area contributed by atoms with Crippen molar-refractivity contribution < 1.29 is 0 Å². The summed E-state index contributed by atoms with van der Waals surface area (Å²) in [7, 11) is 0.